The molecule has 0 unspecified atom stereocenters. The minimum Gasteiger partial charge on any atom is -0.352 e. The Balaban J connectivity index is 0.00000280. The van der Waals surface area contributed by atoms with Gasteiger partial charge in [0.05, 0.1) is 0 Å². The second kappa shape index (κ2) is 10.2. The molecule has 2 saturated heterocycles. The quantitative estimate of drug-likeness (QED) is 0.800. The number of halogens is 2. The molecule has 2 atom stereocenters. The maximum absolute atomic E-state index is 13.6. The Hall–Kier alpha value is -1.66. The smallest absolute Gasteiger partial charge is 0.225 e. The number of aryl methyl sites for hydroxylation is 1. The Kier molecular flexibility index (Phi) is 8.25. The average Bonchev–Trinajstić information content (AvgIpc) is 2.68. The molecule has 2 amide bonds. The lowest BCUT2D eigenvalue weighted by Gasteiger charge is -2.36. The Morgan fingerprint density at radius 1 is 1.21 bits per heavy atom. The molecule has 5 nitrogen and oxygen atoms in total. The van der Waals surface area contributed by atoms with Crippen LogP contribution >= 0.6 is 12.4 Å². The molecule has 0 bridgehead atoms. The maximum atomic E-state index is 13.6. The van der Waals surface area contributed by atoms with Crippen LogP contribution in [-0.2, 0) is 16.1 Å². The number of piperidine rings is 2. The monoisotopic (exact) mass is 411 g/mol. The van der Waals surface area contributed by atoms with Gasteiger partial charge in [-0.1, -0.05) is 12.1 Å². The van der Waals surface area contributed by atoms with Crippen LogP contribution in [0.1, 0.15) is 43.7 Å². The molecular formula is C21H31ClFN3O2. The van der Waals surface area contributed by atoms with Gasteiger partial charge in [-0.2, -0.15) is 0 Å². The molecule has 2 aliphatic rings. The van der Waals surface area contributed by atoms with Crippen molar-refractivity contribution in [3.05, 3.63) is 35.1 Å². The summed E-state index contributed by atoms with van der Waals surface area (Å²) in [6, 6.07) is 5.42. The van der Waals surface area contributed by atoms with Crippen LogP contribution < -0.4 is 10.6 Å². The van der Waals surface area contributed by atoms with E-state index in [0.29, 0.717) is 44.1 Å². The highest BCUT2D eigenvalue weighted by Gasteiger charge is 2.32. The second-order valence-corrected chi connectivity index (χ2v) is 7.98. The molecule has 2 N–H and O–H groups in total. The number of benzene rings is 1. The molecule has 2 heterocycles. The van der Waals surface area contributed by atoms with Gasteiger partial charge in [-0.3, -0.25) is 9.59 Å². The summed E-state index contributed by atoms with van der Waals surface area (Å²) in [5.74, 6) is 0.0380. The highest BCUT2D eigenvalue weighted by atomic mass is 35.5. The van der Waals surface area contributed by atoms with E-state index in [4.69, 9.17) is 0 Å². The molecule has 28 heavy (non-hydrogen) atoms. The lowest BCUT2D eigenvalue weighted by atomic mass is 9.90. The van der Waals surface area contributed by atoms with Gasteiger partial charge in [-0.05, 0) is 63.3 Å². The number of carbonyl (C=O) groups is 2. The predicted octanol–water partition coefficient (Wildman–Crippen LogP) is 2.80. The van der Waals surface area contributed by atoms with Crippen molar-refractivity contribution >= 4 is 24.2 Å². The largest absolute Gasteiger partial charge is 0.352 e. The fourth-order valence-electron chi connectivity index (χ4n) is 4.06. The van der Waals surface area contributed by atoms with Gasteiger partial charge >= 0.3 is 0 Å². The third-order valence-corrected chi connectivity index (χ3v) is 5.85. The standard InChI is InChI=1S/C21H30FN3O2.ClH/c1-14-3-4-16(12-19(14)22)13-24-20(26)17-6-9-25(10-7-17)21(27)18-5-8-23-15(2)11-18;/h3-4,12,15,17-18,23H,5-11,13H2,1-2H3,(H,24,26);1H/t15-,18-;/m0./s1. The zero-order valence-electron chi connectivity index (χ0n) is 16.7. The zero-order valence-corrected chi connectivity index (χ0v) is 17.5. The van der Waals surface area contributed by atoms with E-state index in [1.807, 2.05) is 11.0 Å². The summed E-state index contributed by atoms with van der Waals surface area (Å²) >= 11 is 0. The molecule has 1 aromatic rings. The summed E-state index contributed by atoms with van der Waals surface area (Å²) in [6.07, 6.45) is 3.18. The molecule has 7 heteroatoms. The Labute approximate surface area is 172 Å². The fraction of sp³-hybridized carbons (Fsp3) is 0.619. The number of likely N-dealkylation sites (tertiary alicyclic amines) is 1. The first kappa shape index (κ1) is 22.6. The van der Waals surface area contributed by atoms with Gasteiger partial charge < -0.3 is 15.5 Å². The Bertz CT molecular complexity index is 692. The number of hydrogen-bond acceptors (Lipinski definition) is 3. The molecule has 2 fully saturated rings. The van der Waals surface area contributed by atoms with Crippen molar-refractivity contribution in [2.75, 3.05) is 19.6 Å². The van der Waals surface area contributed by atoms with Crippen molar-refractivity contribution in [2.24, 2.45) is 11.8 Å². The number of nitrogens with one attached hydrogen (secondary N) is 2. The normalized spacial score (nSPS) is 23.0. The number of rotatable bonds is 4. The van der Waals surface area contributed by atoms with Crippen LogP contribution in [0.25, 0.3) is 0 Å². The summed E-state index contributed by atoms with van der Waals surface area (Å²) in [6.45, 7) is 6.37. The summed E-state index contributed by atoms with van der Waals surface area (Å²) in [5, 5.41) is 6.29. The number of hydrogen-bond donors (Lipinski definition) is 2. The predicted molar refractivity (Wildman–Crippen MR) is 110 cm³/mol. The van der Waals surface area contributed by atoms with E-state index in [0.717, 1.165) is 24.9 Å². The second-order valence-electron chi connectivity index (χ2n) is 7.98. The third kappa shape index (κ3) is 5.67. The molecule has 1 aromatic carbocycles. The summed E-state index contributed by atoms with van der Waals surface area (Å²) < 4.78 is 13.6. The van der Waals surface area contributed by atoms with Crippen molar-refractivity contribution < 1.29 is 14.0 Å². The van der Waals surface area contributed by atoms with Crippen LogP contribution in [0.2, 0.25) is 0 Å². The van der Waals surface area contributed by atoms with Crippen molar-refractivity contribution in [3.63, 3.8) is 0 Å². The Morgan fingerprint density at radius 3 is 2.57 bits per heavy atom. The summed E-state index contributed by atoms with van der Waals surface area (Å²) in [7, 11) is 0. The first-order valence-electron chi connectivity index (χ1n) is 9.99. The van der Waals surface area contributed by atoms with Crippen LogP contribution in [0.4, 0.5) is 4.39 Å². The molecular weight excluding hydrogens is 381 g/mol. The molecule has 0 aromatic heterocycles. The molecule has 0 radical (unpaired) electrons. The van der Waals surface area contributed by atoms with Gasteiger partial charge in [0.1, 0.15) is 5.82 Å². The molecule has 0 saturated carbocycles. The van der Waals surface area contributed by atoms with Gasteiger partial charge in [0.25, 0.3) is 0 Å². The van der Waals surface area contributed by atoms with Crippen LogP contribution in [0.15, 0.2) is 18.2 Å². The maximum Gasteiger partial charge on any atom is 0.225 e. The van der Waals surface area contributed by atoms with Crippen molar-refractivity contribution in [2.45, 2.75) is 52.1 Å². The minimum absolute atomic E-state index is 0. The molecule has 3 rings (SSSR count). The molecule has 156 valence electrons. The Morgan fingerprint density at radius 2 is 1.93 bits per heavy atom. The lowest BCUT2D eigenvalue weighted by molar-refractivity contribution is -0.140. The van der Waals surface area contributed by atoms with Gasteiger partial charge in [0.15, 0.2) is 0 Å². The topological polar surface area (TPSA) is 61.4 Å². The van der Waals surface area contributed by atoms with Crippen LogP contribution in [0.3, 0.4) is 0 Å². The third-order valence-electron chi connectivity index (χ3n) is 5.85. The van der Waals surface area contributed by atoms with E-state index in [1.54, 1.807) is 13.0 Å². The van der Waals surface area contributed by atoms with E-state index in [-0.39, 0.29) is 41.9 Å². The van der Waals surface area contributed by atoms with Crippen molar-refractivity contribution in [1.82, 2.24) is 15.5 Å². The molecule has 2 aliphatic heterocycles. The SMILES string of the molecule is Cc1ccc(CNC(=O)C2CCN(C(=O)[C@H]3CCN[C@@H](C)C3)CC2)cc1F.Cl. The zero-order chi connectivity index (χ0) is 19.4. The summed E-state index contributed by atoms with van der Waals surface area (Å²) in [5.41, 5.74) is 1.37. The van der Waals surface area contributed by atoms with Crippen LogP contribution in [0, 0.1) is 24.6 Å². The first-order valence-corrected chi connectivity index (χ1v) is 9.99. The fourth-order valence-corrected chi connectivity index (χ4v) is 4.06. The summed E-state index contributed by atoms with van der Waals surface area (Å²) in [4.78, 5) is 27.1. The minimum atomic E-state index is -0.249. The van der Waals surface area contributed by atoms with E-state index in [2.05, 4.69) is 17.6 Å². The van der Waals surface area contributed by atoms with Gasteiger partial charge in [-0.25, -0.2) is 4.39 Å². The van der Waals surface area contributed by atoms with Gasteiger partial charge in [-0.15, -0.1) is 12.4 Å². The highest BCUT2D eigenvalue weighted by Crippen LogP contribution is 2.23. The lowest BCUT2D eigenvalue weighted by Crippen LogP contribution is -2.48. The highest BCUT2D eigenvalue weighted by molar-refractivity contribution is 5.85. The first-order chi connectivity index (χ1) is 12.9. The molecule has 0 spiro atoms. The van der Waals surface area contributed by atoms with Gasteiger partial charge in [0.2, 0.25) is 11.8 Å². The molecule has 0 aliphatic carbocycles. The number of nitrogens with zero attached hydrogens (tertiary/aromatic N) is 1. The van der Waals surface area contributed by atoms with Crippen molar-refractivity contribution in [3.8, 4) is 0 Å². The van der Waals surface area contributed by atoms with E-state index in [9.17, 15) is 14.0 Å². The average molecular weight is 412 g/mol. The van der Waals surface area contributed by atoms with Crippen LogP contribution in [-0.4, -0.2) is 42.4 Å². The van der Waals surface area contributed by atoms with E-state index >= 15 is 0 Å². The van der Waals surface area contributed by atoms with Crippen molar-refractivity contribution in [1.29, 1.82) is 0 Å². The van der Waals surface area contributed by atoms with Gasteiger partial charge in [0, 0.05) is 37.5 Å². The van der Waals surface area contributed by atoms with E-state index < -0.39 is 0 Å². The number of amides is 2. The number of carbonyl (C=O) groups excluding carboxylic acids is 2. The van der Waals surface area contributed by atoms with E-state index in [1.165, 1.54) is 6.07 Å². The van der Waals surface area contributed by atoms with Crippen LogP contribution in [0.5, 0.6) is 0 Å².